The normalized spacial score (nSPS) is 15.9. The zero-order valence-electron chi connectivity index (χ0n) is 12.7. The van der Waals surface area contributed by atoms with Gasteiger partial charge in [0.1, 0.15) is 0 Å². The van der Waals surface area contributed by atoms with Crippen LogP contribution in [-0.4, -0.2) is 5.71 Å². The van der Waals surface area contributed by atoms with Gasteiger partial charge in [-0.15, -0.1) is 0 Å². The van der Waals surface area contributed by atoms with Crippen LogP contribution in [0.3, 0.4) is 0 Å². The minimum atomic E-state index is 0.147. The van der Waals surface area contributed by atoms with E-state index in [1.165, 1.54) is 0 Å². The van der Waals surface area contributed by atoms with Gasteiger partial charge < -0.3 is 5.41 Å². The molecule has 0 spiro atoms. The van der Waals surface area contributed by atoms with E-state index in [0.29, 0.717) is 11.6 Å². The van der Waals surface area contributed by atoms with Gasteiger partial charge in [-0.3, -0.25) is 0 Å². The van der Waals surface area contributed by atoms with Gasteiger partial charge in [0.2, 0.25) is 0 Å². The number of hydrogen-bond donors (Lipinski definition) is 1. The van der Waals surface area contributed by atoms with E-state index in [2.05, 4.69) is 40.3 Å². The summed E-state index contributed by atoms with van der Waals surface area (Å²) in [6.45, 7) is 16.5. The molecule has 0 aromatic heterocycles. The monoisotopic (exact) mass is 245 g/mol. The summed E-state index contributed by atoms with van der Waals surface area (Å²) in [5.74, 6) is 0.328. The first-order chi connectivity index (χ1) is 8.25. The zero-order valence-corrected chi connectivity index (χ0v) is 12.7. The Morgan fingerprint density at radius 2 is 1.78 bits per heavy atom. The summed E-state index contributed by atoms with van der Waals surface area (Å²) < 4.78 is 0. The zero-order chi connectivity index (χ0) is 14.3. The fourth-order valence-corrected chi connectivity index (χ4v) is 1.60. The van der Waals surface area contributed by atoms with Gasteiger partial charge in [0.15, 0.2) is 0 Å². The Balaban J connectivity index is 5.46. The lowest BCUT2D eigenvalue weighted by Gasteiger charge is -2.30. The van der Waals surface area contributed by atoms with E-state index in [-0.39, 0.29) is 5.41 Å². The summed E-state index contributed by atoms with van der Waals surface area (Å²) in [5, 5.41) is 8.33. The Labute approximate surface area is 113 Å². The van der Waals surface area contributed by atoms with Gasteiger partial charge in [-0.05, 0) is 36.3 Å². The lowest BCUT2D eigenvalue weighted by molar-refractivity contribution is 0.307. The Bertz CT molecular complexity index is 386. The van der Waals surface area contributed by atoms with Crippen LogP contribution >= 0.6 is 0 Å². The Morgan fingerprint density at radius 3 is 2.17 bits per heavy atom. The Hall–Kier alpha value is -1.37. The maximum Gasteiger partial charge on any atom is 0.0603 e. The minimum absolute atomic E-state index is 0.147. The van der Waals surface area contributed by atoms with Crippen LogP contribution in [0.5, 0.6) is 0 Å². The minimum Gasteiger partial charge on any atom is -0.300 e. The highest BCUT2D eigenvalue weighted by atomic mass is 14.5. The highest BCUT2D eigenvalue weighted by molar-refractivity contribution is 6.10. The predicted octanol–water partition coefficient (Wildman–Crippen LogP) is 5.32. The van der Waals surface area contributed by atoms with Crippen molar-refractivity contribution < 1.29 is 0 Å². The van der Waals surface area contributed by atoms with Gasteiger partial charge in [-0.25, -0.2) is 0 Å². The molecule has 1 heteroatoms. The second-order valence-corrected chi connectivity index (χ2v) is 5.70. The molecule has 0 rings (SSSR count). The molecular weight excluding hydrogens is 218 g/mol. The molecular formula is C17H27N. The van der Waals surface area contributed by atoms with Crippen molar-refractivity contribution in [3.05, 3.63) is 48.1 Å². The van der Waals surface area contributed by atoms with Crippen LogP contribution in [0.25, 0.3) is 0 Å². The average Bonchev–Trinajstić information content (AvgIpc) is 2.28. The molecule has 0 aliphatic rings. The first-order valence-corrected chi connectivity index (χ1v) is 6.47. The van der Waals surface area contributed by atoms with E-state index >= 15 is 0 Å². The summed E-state index contributed by atoms with van der Waals surface area (Å²) in [6, 6.07) is 0. The van der Waals surface area contributed by atoms with Crippen LogP contribution in [0.15, 0.2) is 48.1 Å². The van der Waals surface area contributed by atoms with Crippen molar-refractivity contribution in [1.29, 1.82) is 5.41 Å². The molecule has 100 valence electrons. The molecule has 0 fully saturated rings. The summed E-state index contributed by atoms with van der Waals surface area (Å²) in [5.41, 5.74) is 2.79. The van der Waals surface area contributed by atoms with E-state index in [9.17, 15) is 0 Å². The van der Waals surface area contributed by atoms with Crippen LogP contribution in [0.4, 0.5) is 0 Å². The molecule has 0 saturated carbocycles. The summed E-state index contributed by atoms with van der Waals surface area (Å²) in [7, 11) is 0. The highest BCUT2D eigenvalue weighted by Gasteiger charge is 2.25. The number of rotatable bonds is 5. The first kappa shape index (κ1) is 16.6. The van der Waals surface area contributed by atoms with Gasteiger partial charge in [0.05, 0.1) is 5.71 Å². The second kappa shape index (κ2) is 7.15. The molecule has 1 nitrogen and oxygen atoms in total. The molecule has 0 aliphatic carbocycles. The van der Waals surface area contributed by atoms with Crippen LogP contribution in [0, 0.1) is 16.7 Å². The van der Waals surface area contributed by atoms with Crippen LogP contribution in [0.1, 0.15) is 41.5 Å². The third-order valence-electron chi connectivity index (χ3n) is 3.28. The molecule has 0 aromatic carbocycles. The fourth-order valence-electron chi connectivity index (χ4n) is 1.60. The molecule has 0 heterocycles. The smallest absolute Gasteiger partial charge is 0.0603 e. The maximum atomic E-state index is 8.33. The molecule has 0 aromatic rings. The summed E-state index contributed by atoms with van der Waals surface area (Å²) in [4.78, 5) is 0. The Morgan fingerprint density at radius 1 is 1.22 bits per heavy atom. The van der Waals surface area contributed by atoms with Crippen LogP contribution < -0.4 is 0 Å². The fraction of sp³-hybridized carbons (Fsp3) is 0.471. The second-order valence-electron chi connectivity index (χ2n) is 5.70. The molecule has 0 aliphatic heterocycles. The van der Waals surface area contributed by atoms with Crippen LogP contribution in [-0.2, 0) is 0 Å². The highest BCUT2D eigenvalue weighted by Crippen LogP contribution is 2.33. The number of hydrogen-bond acceptors (Lipinski definition) is 1. The molecule has 1 unspecified atom stereocenters. The van der Waals surface area contributed by atoms with E-state index in [1.54, 1.807) is 6.08 Å². The molecule has 1 N–H and O–H groups in total. The standard InChI is InChI=1S/C17H27N/c1-8-10-12-15(14(4)17(5,6)7)16(18)13(3)11-9-2/h8-12,14,18H,2H2,1,3-7H3/b10-8-,13-11-,15-12+,18-16?. The van der Waals surface area contributed by atoms with E-state index < -0.39 is 0 Å². The third kappa shape index (κ3) is 4.87. The van der Waals surface area contributed by atoms with Gasteiger partial charge in [0.25, 0.3) is 0 Å². The lowest BCUT2D eigenvalue weighted by atomic mass is 9.75. The van der Waals surface area contributed by atoms with E-state index in [0.717, 1.165) is 11.1 Å². The van der Waals surface area contributed by atoms with Gasteiger partial charge >= 0.3 is 0 Å². The molecule has 1 atom stereocenters. The maximum absolute atomic E-state index is 8.33. The van der Waals surface area contributed by atoms with Crippen molar-refractivity contribution in [2.75, 3.05) is 0 Å². The largest absolute Gasteiger partial charge is 0.300 e. The van der Waals surface area contributed by atoms with Crippen molar-refractivity contribution in [2.24, 2.45) is 11.3 Å². The molecule has 0 bridgehead atoms. The molecule has 0 saturated heterocycles. The topological polar surface area (TPSA) is 23.9 Å². The first-order valence-electron chi connectivity index (χ1n) is 6.47. The SMILES string of the molecule is C=C/C=C(/C)C(=N)/C(=C/C=C\C)C(C)C(C)(C)C. The van der Waals surface area contributed by atoms with E-state index in [1.807, 2.05) is 32.1 Å². The van der Waals surface area contributed by atoms with Crippen molar-refractivity contribution in [2.45, 2.75) is 41.5 Å². The number of allylic oxidation sites excluding steroid dienone is 7. The Kier molecular flexibility index (Phi) is 6.61. The molecule has 0 radical (unpaired) electrons. The quantitative estimate of drug-likeness (QED) is 0.500. The third-order valence-corrected chi connectivity index (χ3v) is 3.28. The van der Waals surface area contributed by atoms with Crippen molar-refractivity contribution >= 4 is 5.71 Å². The van der Waals surface area contributed by atoms with Crippen molar-refractivity contribution in [3.63, 3.8) is 0 Å². The predicted molar refractivity (Wildman–Crippen MR) is 83.2 cm³/mol. The van der Waals surface area contributed by atoms with Gasteiger partial charge in [0, 0.05) is 0 Å². The average molecular weight is 245 g/mol. The van der Waals surface area contributed by atoms with Crippen LogP contribution in [0.2, 0.25) is 0 Å². The lowest BCUT2D eigenvalue weighted by Crippen LogP contribution is -2.23. The van der Waals surface area contributed by atoms with Crippen molar-refractivity contribution in [1.82, 2.24) is 0 Å². The van der Waals surface area contributed by atoms with E-state index in [4.69, 9.17) is 5.41 Å². The summed E-state index contributed by atoms with van der Waals surface area (Å²) >= 11 is 0. The number of nitrogens with one attached hydrogen (secondary N) is 1. The van der Waals surface area contributed by atoms with Gasteiger partial charge in [-0.2, -0.15) is 0 Å². The molecule has 0 amide bonds. The molecule has 18 heavy (non-hydrogen) atoms. The summed E-state index contributed by atoms with van der Waals surface area (Å²) in [6.07, 6.45) is 9.68. The van der Waals surface area contributed by atoms with Crippen molar-refractivity contribution in [3.8, 4) is 0 Å². The van der Waals surface area contributed by atoms with Gasteiger partial charge in [-0.1, -0.05) is 64.7 Å².